The molecule has 0 saturated carbocycles. The Labute approximate surface area is 165 Å². The van der Waals surface area contributed by atoms with Crippen LogP contribution in [0, 0.1) is 0 Å². The maximum Gasteiger partial charge on any atom is 0.329 e. The second kappa shape index (κ2) is 9.62. The number of thioether (sulfide) groups is 1. The molecule has 0 aromatic heterocycles. The topological polar surface area (TPSA) is 72.5 Å². The smallest absolute Gasteiger partial charge is 0.329 e. The molecule has 0 radical (unpaired) electrons. The molecule has 1 N–H and O–H groups in total. The van der Waals surface area contributed by atoms with Crippen LogP contribution in [0.15, 0.2) is 48.5 Å². The standard InChI is InChI=1S/C18H15Cl2NO4S/c1-25-17(23)15(21-16(22)11-6-2-4-8-13(11)19)10-26-18(24)12-7-3-5-9-14(12)20/h2-9,15H,10H2,1H3,(H,21,22)/t15-/m0/s1. The Hall–Kier alpha value is -2.02. The highest BCUT2D eigenvalue weighted by molar-refractivity contribution is 8.14. The Morgan fingerprint density at radius 2 is 1.54 bits per heavy atom. The number of halogens is 2. The van der Waals surface area contributed by atoms with Gasteiger partial charge in [0.25, 0.3) is 5.91 Å². The third kappa shape index (κ3) is 5.24. The molecule has 8 heteroatoms. The maximum absolute atomic E-state index is 12.3. The largest absolute Gasteiger partial charge is 0.467 e. The minimum absolute atomic E-state index is 0.00702. The number of hydrogen-bond acceptors (Lipinski definition) is 5. The number of esters is 1. The van der Waals surface area contributed by atoms with E-state index in [2.05, 4.69) is 5.32 Å². The average molecular weight is 412 g/mol. The molecule has 2 aromatic rings. The monoisotopic (exact) mass is 411 g/mol. The molecule has 0 heterocycles. The summed E-state index contributed by atoms with van der Waals surface area (Å²) in [6.45, 7) is 0. The third-order valence-electron chi connectivity index (χ3n) is 3.38. The molecule has 0 aliphatic heterocycles. The van der Waals surface area contributed by atoms with E-state index in [0.717, 1.165) is 11.8 Å². The first-order chi connectivity index (χ1) is 12.4. The number of carbonyl (C=O) groups is 3. The van der Waals surface area contributed by atoms with Gasteiger partial charge in [0, 0.05) is 11.3 Å². The van der Waals surface area contributed by atoms with Gasteiger partial charge in [-0.05, 0) is 24.3 Å². The van der Waals surface area contributed by atoms with Gasteiger partial charge in [0.1, 0.15) is 6.04 Å². The fourth-order valence-electron chi connectivity index (χ4n) is 2.06. The molecule has 26 heavy (non-hydrogen) atoms. The summed E-state index contributed by atoms with van der Waals surface area (Å²) < 4.78 is 4.70. The van der Waals surface area contributed by atoms with Crippen LogP contribution in [0.1, 0.15) is 20.7 Å². The third-order valence-corrected chi connectivity index (χ3v) is 5.03. The van der Waals surface area contributed by atoms with Crippen molar-refractivity contribution < 1.29 is 19.1 Å². The Bertz CT molecular complexity index is 828. The molecule has 1 atom stereocenters. The van der Waals surface area contributed by atoms with Gasteiger partial charge in [0.05, 0.1) is 22.7 Å². The van der Waals surface area contributed by atoms with E-state index < -0.39 is 17.9 Å². The Balaban J connectivity index is 2.07. The quantitative estimate of drug-likeness (QED) is 0.730. The van der Waals surface area contributed by atoms with Crippen LogP contribution in [0.25, 0.3) is 0 Å². The Morgan fingerprint density at radius 3 is 2.08 bits per heavy atom. The fourth-order valence-corrected chi connectivity index (χ4v) is 3.43. The molecule has 0 spiro atoms. The van der Waals surface area contributed by atoms with Crippen molar-refractivity contribution in [2.45, 2.75) is 6.04 Å². The first-order valence-electron chi connectivity index (χ1n) is 7.49. The summed E-state index contributed by atoms with van der Waals surface area (Å²) in [5, 5.41) is 2.81. The number of ether oxygens (including phenoxy) is 1. The van der Waals surface area contributed by atoms with E-state index in [0.29, 0.717) is 10.6 Å². The van der Waals surface area contributed by atoms with Crippen molar-refractivity contribution in [2.75, 3.05) is 12.9 Å². The van der Waals surface area contributed by atoms with Gasteiger partial charge in [-0.3, -0.25) is 9.59 Å². The molecule has 1 amide bonds. The van der Waals surface area contributed by atoms with Crippen molar-refractivity contribution in [3.8, 4) is 0 Å². The molecule has 0 unspecified atom stereocenters. The van der Waals surface area contributed by atoms with Crippen LogP contribution in [0.4, 0.5) is 0 Å². The summed E-state index contributed by atoms with van der Waals surface area (Å²) in [6, 6.07) is 12.0. The predicted octanol–water partition coefficient (Wildman–Crippen LogP) is 3.84. The first-order valence-corrected chi connectivity index (χ1v) is 9.23. The maximum atomic E-state index is 12.3. The lowest BCUT2D eigenvalue weighted by atomic mass is 10.2. The van der Waals surface area contributed by atoms with Gasteiger partial charge in [-0.1, -0.05) is 59.2 Å². The first kappa shape index (κ1) is 20.3. The number of methoxy groups -OCH3 is 1. The second-order valence-electron chi connectivity index (χ2n) is 5.11. The Kier molecular flexibility index (Phi) is 7.50. The van der Waals surface area contributed by atoms with Crippen LogP contribution < -0.4 is 5.32 Å². The second-order valence-corrected chi connectivity index (χ2v) is 6.91. The summed E-state index contributed by atoms with van der Waals surface area (Å²) in [5.41, 5.74) is 0.561. The van der Waals surface area contributed by atoms with E-state index >= 15 is 0 Å². The van der Waals surface area contributed by atoms with Gasteiger partial charge < -0.3 is 10.1 Å². The summed E-state index contributed by atoms with van der Waals surface area (Å²) in [7, 11) is 1.21. The molecular weight excluding hydrogens is 397 g/mol. The van der Waals surface area contributed by atoms with Crippen molar-refractivity contribution in [1.82, 2.24) is 5.32 Å². The van der Waals surface area contributed by atoms with Gasteiger partial charge >= 0.3 is 5.97 Å². The van der Waals surface area contributed by atoms with Gasteiger partial charge in [-0.15, -0.1) is 0 Å². The normalized spacial score (nSPS) is 11.5. The summed E-state index contributed by atoms with van der Waals surface area (Å²) in [4.78, 5) is 36.6. The molecule has 2 rings (SSSR count). The lowest BCUT2D eigenvalue weighted by Crippen LogP contribution is -2.43. The molecule has 0 saturated heterocycles. The molecule has 5 nitrogen and oxygen atoms in total. The van der Waals surface area contributed by atoms with E-state index in [-0.39, 0.29) is 21.5 Å². The zero-order valence-corrected chi connectivity index (χ0v) is 16.0. The number of benzene rings is 2. The van der Waals surface area contributed by atoms with Crippen molar-refractivity contribution >= 4 is 52.0 Å². The molecule has 0 fully saturated rings. The fraction of sp³-hybridized carbons (Fsp3) is 0.167. The van der Waals surface area contributed by atoms with Crippen molar-refractivity contribution in [1.29, 1.82) is 0 Å². The number of rotatable bonds is 6. The molecule has 0 aliphatic rings. The van der Waals surface area contributed by atoms with E-state index in [1.807, 2.05) is 0 Å². The Morgan fingerprint density at radius 1 is 1.00 bits per heavy atom. The lowest BCUT2D eigenvalue weighted by molar-refractivity contribution is -0.142. The van der Waals surface area contributed by atoms with Crippen LogP contribution in [0.3, 0.4) is 0 Å². The summed E-state index contributed by atoms with van der Waals surface area (Å²) >= 11 is 12.9. The van der Waals surface area contributed by atoms with Crippen LogP contribution in [0.2, 0.25) is 10.0 Å². The number of nitrogens with one attached hydrogen (secondary N) is 1. The molecular formula is C18H15Cl2NO4S. The minimum atomic E-state index is -1.01. The average Bonchev–Trinajstić information content (AvgIpc) is 2.64. The predicted molar refractivity (Wildman–Crippen MR) is 103 cm³/mol. The number of hydrogen-bond donors (Lipinski definition) is 1. The zero-order valence-electron chi connectivity index (χ0n) is 13.7. The van der Waals surface area contributed by atoms with Gasteiger partial charge in [-0.25, -0.2) is 4.79 Å². The van der Waals surface area contributed by atoms with E-state index in [1.54, 1.807) is 42.5 Å². The van der Waals surface area contributed by atoms with Crippen LogP contribution in [-0.2, 0) is 9.53 Å². The summed E-state index contributed by atoms with van der Waals surface area (Å²) in [5.74, 6) is -1.20. The molecule has 2 aromatic carbocycles. The van der Waals surface area contributed by atoms with Crippen LogP contribution >= 0.6 is 35.0 Å². The van der Waals surface area contributed by atoms with Crippen molar-refractivity contribution in [2.24, 2.45) is 0 Å². The van der Waals surface area contributed by atoms with E-state index in [1.165, 1.54) is 13.2 Å². The van der Waals surface area contributed by atoms with Crippen molar-refractivity contribution in [3.63, 3.8) is 0 Å². The SMILES string of the molecule is COC(=O)[C@H](CSC(=O)c1ccccc1Cl)NC(=O)c1ccccc1Cl. The van der Waals surface area contributed by atoms with E-state index in [9.17, 15) is 14.4 Å². The van der Waals surface area contributed by atoms with Gasteiger partial charge in [-0.2, -0.15) is 0 Å². The molecule has 0 aliphatic carbocycles. The highest BCUT2D eigenvalue weighted by atomic mass is 35.5. The van der Waals surface area contributed by atoms with Crippen LogP contribution in [-0.4, -0.2) is 35.9 Å². The number of amides is 1. The van der Waals surface area contributed by atoms with Crippen molar-refractivity contribution in [3.05, 3.63) is 69.7 Å². The molecule has 136 valence electrons. The van der Waals surface area contributed by atoms with Gasteiger partial charge in [0.15, 0.2) is 0 Å². The van der Waals surface area contributed by atoms with Crippen LogP contribution in [0.5, 0.6) is 0 Å². The molecule has 0 bridgehead atoms. The summed E-state index contributed by atoms with van der Waals surface area (Å²) in [6.07, 6.45) is 0. The number of carbonyl (C=O) groups excluding carboxylic acids is 3. The van der Waals surface area contributed by atoms with Gasteiger partial charge in [0.2, 0.25) is 5.12 Å². The minimum Gasteiger partial charge on any atom is -0.467 e. The highest BCUT2D eigenvalue weighted by Crippen LogP contribution is 2.22. The zero-order chi connectivity index (χ0) is 19.1. The highest BCUT2D eigenvalue weighted by Gasteiger charge is 2.25. The lowest BCUT2D eigenvalue weighted by Gasteiger charge is -2.16. The van der Waals surface area contributed by atoms with E-state index in [4.69, 9.17) is 27.9 Å².